The van der Waals surface area contributed by atoms with Crippen molar-refractivity contribution in [3.8, 4) is 0 Å². The van der Waals surface area contributed by atoms with Gasteiger partial charge in [-0.05, 0) is 53.8 Å². The topological polar surface area (TPSA) is 26.0 Å². The van der Waals surface area contributed by atoms with E-state index < -0.39 is 0 Å². The van der Waals surface area contributed by atoms with E-state index in [0.717, 1.165) is 12.8 Å². The van der Waals surface area contributed by atoms with Gasteiger partial charge < -0.3 is 5.73 Å². The van der Waals surface area contributed by atoms with E-state index in [1.807, 2.05) is 0 Å². The third kappa shape index (κ3) is 2.06. The standard InChI is InChI=1S/C13H17NS/c1-3-11(14)8-10-4-5-13-12(9(10)2)6-7-15-13/h4-7,11H,3,8,14H2,1-2H3. The van der Waals surface area contributed by atoms with E-state index in [4.69, 9.17) is 5.73 Å². The van der Waals surface area contributed by atoms with Crippen LogP contribution in [-0.2, 0) is 6.42 Å². The molecule has 0 radical (unpaired) electrons. The SMILES string of the molecule is CCC(N)Cc1ccc2sccc2c1C. The van der Waals surface area contributed by atoms with Crippen molar-refractivity contribution in [2.75, 3.05) is 0 Å². The number of benzene rings is 1. The molecule has 1 aromatic carbocycles. The first-order chi connectivity index (χ1) is 7.22. The summed E-state index contributed by atoms with van der Waals surface area (Å²) in [5.74, 6) is 0. The summed E-state index contributed by atoms with van der Waals surface area (Å²) in [6.45, 7) is 4.34. The molecule has 2 rings (SSSR count). The van der Waals surface area contributed by atoms with Gasteiger partial charge in [-0.2, -0.15) is 0 Å². The molecular weight excluding hydrogens is 202 g/mol. The van der Waals surface area contributed by atoms with Crippen molar-refractivity contribution in [3.05, 3.63) is 34.7 Å². The minimum Gasteiger partial charge on any atom is -0.327 e. The molecule has 0 aliphatic rings. The van der Waals surface area contributed by atoms with Gasteiger partial charge in [-0.3, -0.25) is 0 Å². The van der Waals surface area contributed by atoms with Crippen LogP contribution in [0.25, 0.3) is 10.1 Å². The molecule has 0 bridgehead atoms. The van der Waals surface area contributed by atoms with E-state index in [1.54, 1.807) is 11.3 Å². The highest BCUT2D eigenvalue weighted by Crippen LogP contribution is 2.27. The molecular formula is C13H17NS. The lowest BCUT2D eigenvalue weighted by molar-refractivity contribution is 0.645. The smallest absolute Gasteiger partial charge is 0.0345 e. The van der Waals surface area contributed by atoms with Gasteiger partial charge in [0.25, 0.3) is 0 Å². The van der Waals surface area contributed by atoms with Gasteiger partial charge >= 0.3 is 0 Å². The first-order valence-electron chi connectivity index (χ1n) is 5.43. The second-order valence-corrected chi connectivity index (χ2v) is 5.00. The predicted molar refractivity (Wildman–Crippen MR) is 68.5 cm³/mol. The van der Waals surface area contributed by atoms with Crippen molar-refractivity contribution >= 4 is 21.4 Å². The van der Waals surface area contributed by atoms with Crippen LogP contribution >= 0.6 is 11.3 Å². The Morgan fingerprint density at radius 2 is 2.13 bits per heavy atom. The Labute approximate surface area is 94.9 Å². The van der Waals surface area contributed by atoms with Crippen LogP contribution in [0.2, 0.25) is 0 Å². The van der Waals surface area contributed by atoms with Crippen molar-refractivity contribution in [1.82, 2.24) is 0 Å². The molecule has 80 valence electrons. The molecule has 0 aliphatic heterocycles. The second kappa shape index (κ2) is 4.33. The van der Waals surface area contributed by atoms with Gasteiger partial charge in [-0.15, -0.1) is 11.3 Å². The third-order valence-corrected chi connectivity index (χ3v) is 3.91. The summed E-state index contributed by atoms with van der Waals surface area (Å²) in [5, 5.41) is 3.54. The summed E-state index contributed by atoms with van der Waals surface area (Å²) in [4.78, 5) is 0. The molecule has 2 N–H and O–H groups in total. The van der Waals surface area contributed by atoms with Gasteiger partial charge in [-0.1, -0.05) is 13.0 Å². The van der Waals surface area contributed by atoms with E-state index in [2.05, 4.69) is 37.4 Å². The van der Waals surface area contributed by atoms with Crippen LogP contribution in [-0.4, -0.2) is 6.04 Å². The summed E-state index contributed by atoms with van der Waals surface area (Å²) in [7, 11) is 0. The van der Waals surface area contributed by atoms with Gasteiger partial charge in [0.1, 0.15) is 0 Å². The molecule has 0 aliphatic carbocycles. The first kappa shape index (κ1) is 10.7. The molecule has 1 nitrogen and oxygen atoms in total. The molecule has 1 atom stereocenters. The quantitative estimate of drug-likeness (QED) is 0.840. The summed E-state index contributed by atoms with van der Waals surface area (Å²) < 4.78 is 1.38. The lowest BCUT2D eigenvalue weighted by atomic mass is 9.98. The fraction of sp³-hybridized carbons (Fsp3) is 0.385. The number of hydrogen-bond donors (Lipinski definition) is 1. The zero-order valence-electron chi connectivity index (χ0n) is 9.29. The molecule has 0 saturated carbocycles. The highest BCUT2D eigenvalue weighted by Gasteiger charge is 2.07. The largest absolute Gasteiger partial charge is 0.327 e. The van der Waals surface area contributed by atoms with Crippen molar-refractivity contribution in [2.45, 2.75) is 32.7 Å². The Morgan fingerprint density at radius 3 is 2.87 bits per heavy atom. The van der Waals surface area contributed by atoms with Gasteiger partial charge in [-0.25, -0.2) is 0 Å². The summed E-state index contributed by atoms with van der Waals surface area (Å²) in [5.41, 5.74) is 8.79. The molecule has 0 amide bonds. The number of aryl methyl sites for hydroxylation is 1. The fourth-order valence-electron chi connectivity index (χ4n) is 1.88. The maximum atomic E-state index is 6.00. The zero-order chi connectivity index (χ0) is 10.8. The summed E-state index contributed by atoms with van der Waals surface area (Å²) >= 11 is 1.80. The number of nitrogens with two attached hydrogens (primary N) is 1. The molecule has 0 spiro atoms. The highest BCUT2D eigenvalue weighted by molar-refractivity contribution is 7.17. The van der Waals surface area contributed by atoms with Gasteiger partial charge in [0.05, 0.1) is 0 Å². The van der Waals surface area contributed by atoms with Crippen LogP contribution in [0.3, 0.4) is 0 Å². The van der Waals surface area contributed by atoms with E-state index in [-0.39, 0.29) is 0 Å². The van der Waals surface area contributed by atoms with Crippen LogP contribution in [0.4, 0.5) is 0 Å². The van der Waals surface area contributed by atoms with E-state index in [1.165, 1.54) is 21.2 Å². The molecule has 0 saturated heterocycles. The molecule has 2 aromatic rings. The zero-order valence-corrected chi connectivity index (χ0v) is 10.1. The number of rotatable bonds is 3. The Morgan fingerprint density at radius 1 is 1.33 bits per heavy atom. The van der Waals surface area contributed by atoms with Crippen molar-refractivity contribution in [2.24, 2.45) is 5.73 Å². The second-order valence-electron chi connectivity index (χ2n) is 4.05. The first-order valence-corrected chi connectivity index (χ1v) is 6.31. The van der Waals surface area contributed by atoms with Crippen LogP contribution in [0.15, 0.2) is 23.6 Å². The minimum atomic E-state index is 0.291. The average molecular weight is 219 g/mol. The van der Waals surface area contributed by atoms with E-state index in [0.29, 0.717) is 6.04 Å². The monoisotopic (exact) mass is 219 g/mol. The third-order valence-electron chi connectivity index (χ3n) is 3.02. The van der Waals surface area contributed by atoms with Crippen molar-refractivity contribution in [3.63, 3.8) is 0 Å². The molecule has 2 heteroatoms. The van der Waals surface area contributed by atoms with Gasteiger partial charge in [0.2, 0.25) is 0 Å². The number of fused-ring (bicyclic) bond motifs is 1. The predicted octanol–water partition coefficient (Wildman–Crippen LogP) is 3.49. The summed E-state index contributed by atoms with van der Waals surface area (Å²) in [6, 6.07) is 6.94. The fourth-order valence-corrected chi connectivity index (χ4v) is 2.73. The minimum absolute atomic E-state index is 0.291. The molecule has 15 heavy (non-hydrogen) atoms. The maximum Gasteiger partial charge on any atom is 0.0345 e. The van der Waals surface area contributed by atoms with Crippen LogP contribution < -0.4 is 5.73 Å². The Hall–Kier alpha value is -0.860. The van der Waals surface area contributed by atoms with Gasteiger partial charge in [0, 0.05) is 10.7 Å². The average Bonchev–Trinajstić information content (AvgIpc) is 2.70. The Kier molecular flexibility index (Phi) is 3.08. The molecule has 1 heterocycles. The van der Waals surface area contributed by atoms with Crippen LogP contribution in [0.1, 0.15) is 24.5 Å². The molecule has 1 aromatic heterocycles. The molecule has 1 unspecified atom stereocenters. The van der Waals surface area contributed by atoms with Crippen molar-refractivity contribution in [1.29, 1.82) is 0 Å². The van der Waals surface area contributed by atoms with E-state index in [9.17, 15) is 0 Å². The maximum absolute atomic E-state index is 6.00. The van der Waals surface area contributed by atoms with Crippen molar-refractivity contribution < 1.29 is 0 Å². The Bertz CT molecular complexity index is 459. The lowest BCUT2D eigenvalue weighted by Crippen LogP contribution is -2.21. The highest BCUT2D eigenvalue weighted by atomic mass is 32.1. The van der Waals surface area contributed by atoms with Crippen LogP contribution in [0, 0.1) is 6.92 Å². The van der Waals surface area contributed by atoms with Gasteiger partial charge in [0.15, 0.2) is 0 Å². The Balaban J connectivity index is 2.39. The van der Waals surface area contributed by atoms with E-state index >= 15 is 0 Å². The molecule has 0 fully saturated rings. The number of thiophene rings is 1. The lowest BCUT2D eigenvalue weighted by Gasteiger charge is -2.11. The normalized spacial score (nSPS) is 13.3. The summed E-state index contributed by atoms with van der Waals surface area (Å²) in [6.07, 6.45) is 2.04. The van der Waals surface area contributed by atoms with Crippen LogP contribution in [0.5, 0.6) is 0 Å². The number of hydrogen-bond acceptors (Lipinski definition) is 2.